The molecule has 0 heterocycles. The van der Waals surface area contributed by atoms with Crippen LogP contribution < -0.4 is 0 Å². The van der Waals surface area contributed by atoms with E-state index in [9.17, 15) is 9.59 Å². The molecule has 1 aliphatic carbocycles. The lowest BCUT2D eigenvalue weighted by Crippen LogP contribution is -2.44. The normalized spacial score (nSPS) is 18.6. The smallest absolute Gasteiger partial charge is 0.327 e. The van der Waals surface area contributed by atoms with Gasteiger partial charge < -0.3 is 9.47 Å². The van der Waals surface area contributed by atoms with Gasteiger partial charge in [-0.25, -0.2) is 0 Å². The highest BCUT2D eigenvalue weighted by Gasteiger charge is 2.51. The summed E-state index contributed by atoms with van der Waals surface area (Å²) in [5, 5.41) is 0. The van der Waals surface area contributed by atoms with Crippen molar-refractivity contribution in [1.29, 1.82) is 0 Å². The lowest BCUT2D eigenvalue weighted by molar-refractivity contribution is -0.166. The Bertz CT molecular complexity index is 306. The lowest BCUT2D eigenvalue weighted by Gasteiger charge is -2.32. The lowest BCUT2D eigenvalue weighted by atomic mass is 9.73. The number of rotatable bonds is 3. The van der Waals surface area contributed by atoms with Crippen molar-refractivity contribution in [1.82, 2.24) is 0 Å². The van der Waals surface area contributed by atoms with Crippen LogP contribution in [0.4, 0.5) is 0 Å². The van der Waals surface area contributed by atoms with Gasteiger partial charge in [-0.2, -0.15) is 0 Å². The first-order chi connectivity index (χ1) is 7.63. The van der Waals surface area contributed by atoms with Crippen LogP contribution in [0.25, 0.3) is 0 Å². The number of methoxy groups -OCH3 is 2. The van der Waals surface area contributed by atoms with Gasteiger partial charge in [0.1, 0.15) is 0 Å². The Kier molecular flexibility index (Phi) is 4.35. The van der Waals surface area contributed by atoms with Gasteiger partial charge in [0, 0.05) is 5.88 Å². The third-order valence-corrected chi connectivity index (χ3v) is 3.19. The largest absolute Gasteiger partial charge is 0.468 e. The maximum absolute atomic E-state index is 11.8. The molecule has 16 heavy (non-hydrogen) atoms. The summed E-state index contributed by atoms with van der Waals surface area (Å²) in [4.78, 5) is 23.7. The molecule has 0 bridgehead atoms. The number of carbonyl (C=O) groups is 2. The second-order valence-electron chi connectivity index (χ2n) is 3.64. The van der Waals surface area contributed by atoms with E-state index in [4.69, 9.17) is 21.1 Å². The zero-order valence-corrected chi connectivity index (χ0v) is 10.2. The van der Waals surface area contributed by atoms with Gasteiger partial charge in [0.15, 0.2) is 5.41 Å². The molecule has 0 aromatic rings. The molecule has 5 heteroatoms. The summed E-state index contributed by atoms with van der Waals surface area (Å²) >= 11 is 5.78. The summed E-state index contributed by atoms with van der Waals surface area (Å²) in [6, 6.07) is 0. The van der Waals surface area contributed by atoms with Crippen molar-refractivity contribution < 1.29 is 19.1 Å². The van der Waals surface area contributed by atoms with Crippen molar-refractivity contribution in [2.75, 3.05) is 20.1 Å². The SMILES string of the molecule is COC(=O)C1(C(=O)OC)CCCC=C1CCl. The number of hydrogen-bond donors (Lipinski definition) is 0. The first kappa shape index (κ1) is 13.0. The van der Waals surface area contributed by atoms with E-state index in [1.54, 1.807) is 0 Å². The molecule has 0 fully saturated rings. The second kappa shape index (κ2) is 5.34. The van der Waals surface area contributed by atoms with E-state index in [0.29, 0.717) is 12.0 Å². The number of allylic oxidation sites excluding steroid dienone is 1. The van der Waals surface area contributed by atoms with Crippen LogP contribution in [0.1, 0.15) is 19.3 Å². The molecule has 0 spiro atoms. The fourth-order valence-electron chi connectivity index (χ4n) is 2.05. The van der Waals surface area contributed by atoms with Gasteiger partial charge in [-0.3, -0.25) is 9.59 Å². The average Bonchev–Trinajstić information content (AvgIpc) is 2.36. The molecule has 0 N–H and O–H groups in total. The highest BCUT2D eigenvalue weighted by atomic mass is 35.5. The van der Waals surface area contributed by atoms with Crippen molar-refractivity contribution in [2.45, 2.75) is 19.3 Å². The number of esters is 2. The second-order valence-corrected chi connectivity index (χ2v) is 3.91. The van der Waals surface area contributed by atoms with Gasteiger partial charge in [0.05, 0.1) is 14.2 Å². The van der Waals surface area contributed by atoms with Gasteiger partial charge in [0.25, 0.3) is 0 Å². The fraction of sp³-hybridized carbons (Fsp3) is 0.636. The Labute approximate surface area is 99.5 Å². The van der Waals surface area contributed by atoms with Crippen LogP contribution in [0, 0.1) is 5.41 Å². The monoisotopic (exact) mass is 246 g/mol. The van der Waals surface area contributed by atoms with E-state index in [0.717, 1.165) is 12.8 Å². The van der Waals surface area contributed by atoms with E-state index in [1.165, 1.54) is 14.2 Å². The average molecular weight is 247 g/mol. The minimum Gasteiger partial charge on any atom is -0.468 e. The summed E-state index contributed by atoms with van der Waals surface area (Å²) in [5.41, 5.74) is -0.747. The van der Waals surface area contributed by atoms with Gasteiger partial charge in [-0.05, 0) is 24.8 Å². The van der Waals surface area contributed by atoms with E-state index < -0.39 is 17.4 Å². The highest BCUT2D eigenvalue weighted by Crippen LogP contribution is 2.40. The molecule has 4 nitrogen and oxygen atoms in total. The topological polar surface area (TPSA) is 52.6 Å². The molecule has 0 atom stereocenters. The molecular weight excluding hydrogens is 232 g/mol. The van der Waals surface area contributed by atoms with Crippen LogP contribution in [-0.2, 0) is 19.1 Å². The molecular formula is C11H15ClO4. The number of alkyl halides is 1. The summed E-state index contributed by atoms with van der Waals surface area (Å²) in [6.45, 7) is 0. The molecule has 1 rings (SSSR count). The molecule has 0 aromatic carbocycles. The fourth-order valence-corrected chi connectivity index (χ4v) is 2.38. The van der Waals surface area contributed by atoms with Crippen LogP contribution in [0.2, 0.25) is 0 Å². The maximum atomic E-state index is 11.8. The zero-order valence-electron chi connectivity index (χ0n) is 9.42. The van der Waals surface area contributed by atoms with Crippen molar-refractivity contribution in [3.05, 3.63) is 11.6 Å². The predicted octanol–water partition coefficient (Wildman–Crippen LogP) is 1.67. The van der Waals surface area contributed by atoms with E-state index in [1.807, 2.05) is 6.08 Å². The van der Waals surface area contributed by atoms with Crippen LogP contribution in [-0.4, -0.2) is 32.0 Å². The van der Waals surface area contributed by atoms with Crippen LogP contribution in [0.3, 0.4) is 0 Å². The van der Waals surface area contributed by atoms with Crippen molar-refractivity contribution in [2.24, 2.45) is 5.41 Å². The highest BCUT2D eigenvalue weighted by molar-refractivity contribution is 6.21. The van der Waals surface area contributed by atoms with Gasteiger partial charge >= 0.3 is 11.9 Å². The summed E-state index contributed by atoms with van der Waals surface area (Å²) < 4.78 is 9.42. The van der Waals surface area contributed by atoms with Crippen molar-refractivity contribution in [3.8, 4) is 0 Å². The third kappa shape index (κ3) is 1.94. The summed E-state index contributed by atoms with van der Waals surface area (Å²) in [5.74, 6) is -1.05. The summed E-state index contributed by atoms with van der Waals surface area (Å²) in [6.07, 6.45) is 3.78. The van der Waals surface area contributed by atoms with E-state index >= 15 is 0 Å². The number of ether oxygens (including phenoxy) is 2. The standard InChI is InChI=1S/C11H15ClO4/c1-15-9(13)11(10(14)16-2)6-4-3-5-8(11)7-12/h5H,3-4,6-7H2,1-2H3. The molecule has 0 aromatic heterocycles. The molecule has 0 saturated carbocycles. The Hall–Kier alpha value is -1.03. The molecule has 0 amide bonds. The van der Waals surface area contributed by atoms with Gasteiger partial charge in [-0.15, -0.1) is 11.6 Å². The zero-order chi connectivity index (χ0) is 12.2. The van der Waals surface area contributed by atoms with Crippen LogP contribution in [0.15, 0.2) is 11.6 Å². The predicted molar refractivity (Wildman–Crippen MR) is 59.1 cm³/mol. The van der Waals surface area contributed by atoms with E-state index in [2.05, 4.69) is 0 Å². The Morgan fingerprint density at radius 3 is 2.38 bits per heavy atom. The van der Waals surface area contributed by atoms with Crippen LogP contribution in [0.5, 0.6) is 0 Å². The van der Waals surface area contributed by atoms with Gasteiger partial charge in [0.2, 0.25) is 0 Å². The minimum atomic E-state index is -1.33. The Morgan fingerprint density at radius 2 is 1.94 bits per heavy atom. The first-order valence-electron chi connectivity index (χ1n) is 5.05. The minimum absolute atomic E-state index is 0.129. The molecule has 1 aliphatic rings. The number of halogens is 1. The summed E-state index contributed by atoms with van der Waals surface area (Å²) in [7, 11) is 2.51. The molecule has 0 saturated heterocycles. The maximum Gasteiger partial charge on any atom is 0.327 e. The van der Waals surface area contributed by atoms with Crippen molar-refractivity contribution >= 4 is 23.5 Å². The number of hydrogen-bond acceptors (Lipinski definition) is 4. The molecule has 0 radical (unpaired) electrons. The quantitative estimate of drug-likeness (QED) is 0.329. The Balaban J connectivity index is 3.21. The molecule has 0 unspecified atom stereocenters. The number of carbonyl (C=O) groups excluding carboxylic acids is 2. The molecule has 90 valence electrons. The third-order valence-electron chi connectivity index (χ3n) is 2.91. The first-order valence-corrected chi connectivity index (χ1v) is 5.59. The van der Waals surface area contributed by atoms with Gasteiger partial charge in [-0.1, -0.05) is 6.08 Å². The Morgan fingerprint density at radius 1 is 1.38 bits per heavy atom. The van der Waals surface area contributed by atoms with E-state index in [-0.39, 0.29) is 5.88 Å². The molecule has 0 aliphatic heterocycles. The van der Waals surface area contributed by atoms with Crippen LogP contribution >= 0.6 is 11.6 Å². The van der Waals surface area contributed by atoms with Crippen molar-refractivity contribution in [3.63, 3.8) is 0 Å².